The number of hydrogen-bond acceptors (Lipinski definition) is 8. The van der Waals surface area contributed by atoms with E-state index in [0.717, 1.165) is 98.2 Å². The van der Waals surface area contributed by atoms with Crippen LogP contribution in [0.5, 0.6) is 0 Å². The van der Waals surface area contributed by atoms with Gasteiger partial charge in [-0.05, 0) is 147 Å². The van der Waals surface area contributed by atoms with Crippen LogP contribution in [0.1, 0.15) is 107 Å². The number of aryl methyl sites for hydroxylation is 2. The van der Waals surface area contributed by atoms with E-state index in [9.17, 15) is 24.3 Å². The lowest BCUT2D eigenvalue weighted by molar-refractivity contribution is -0.145. The normalized spacial score (nSPS) is 19.4. The fourth-order valence-electron chi connectivity index (χ4n) is 11.1. The van der Waals surface area contributed by atoms with E-state index < -0.39 is 18.0 Å². The van der Waals surface area contributed by atoms with Crippen LogP contribution in [0.2, 0.25) is 0 Å². The molecule has 4 heterocycles. The Hall–Kier alpha value is -5.46. The van der Waals surface area contributed by atoms with Crippen molar-refractivity contribution in [2.24, 2.45) is 37.8 Å². The Morgan fingerprint density at radius 3 is 1.75 bits per heavy atom. The molecule has 346 valence electrons. The molecule has 4 aliphatic rings. The number of carbonyl (C=O) groups excluding carboxylic acids is 3. The van der Waals surface area contributed by atoms with Gasteiger partial charge in [-0.15, -0.1) is 0 Å². The summed E-state index contributed by atoms with van der Waals surface area (Å²) < 4.78 is 26.4. The molecule has 1 N–H and O–H groups in total. The summed E-state index contributed by atoms with van der Waals surface area (Å²) in [6.07, 6.45) is 11.7. The second-order valence-electron chi connectivity index (χ2n) is 18.7. The highest BCUT2D eigenvalue weighted by Gasteiger charge is 2.33. The number of fused-ring (bicyclic) bond motifs is 6. The number of carboxylic acid groups (broad SMARTS) is 1. The summed E-state index contributed by atoms with van der Waals surface area (Å²) in [7, 11) is 5.93. The highest BCUT2D eigenvalue weighted by Crippen LogP contribution is 2.41. The zero-order valence-corrected chi connectivity index (χ0v) is 38.5. The molecule has 2 aliphatic carbocycles. The molecule has 5 aromatic rings. The van der Waals surface area contributed by atoms with Crippen molar-refractivity contribution in [3.63, 3.8) is 0 Å². The lowest BCUT2D eigenvalue weighted by atomic mass is 9.75. The number of ether oxygens (including phenoxy) is 4. The van der Waals surface area contributed by atoms with Crippen LogP contribution < -0.4 is 0 Å². The zero-order chi connectivity index (χ0) is 45.6. The molecule has 1 amide bonds. The first kappa shape index (κ1) is 46.1. The summed E-state index contributed by atoms with van der Waals surface area (Å²) in [5.74, 6) is 1.01. The maximum Gasteiger partial charge on any atom is 0.335 e. The molecule has 2 fully saturated rings. The predicted octanol–water partition coefficient (Wildman–Crippen LogP) is 8.65. The molecule has 3 atom stereocenters. The number of hydrogen-bond donors (Lipinski definition) is 1. The molecule has 3 aromatic carbocycles. The van der Waals surface area contributed by atoms with Crippen molar-refractivity contribution in [1.29, 1.82) is 0 Å². The molecule has 12 heteroatoms. The maximum atomic E-state index is 13.8. The van der Waals surface area contributed by atoms with Gasteiger partial charge in [0.2, 0.25) is 0 Å². The van der Waals surface area contributed by atoms with Gasteiger partial charge in [0.25, 0.3) is 5.91 Å². The Bertz CT molecular complexity index is 2490. The van der Waals surface area contributed by atoms with E-state index >= 15 is 0 Å². The second kappa shape index (κ2) is 20.8. The van der Waals surface area contributed by atoms with Gasteiger partial charge in [0.15, 0.2) is 0 Å². The minimum absolute atomic E-state index is 0.0132. The number of aromatic nitrogens is 2. The fourth-order valence-corrected chi connectivity index (χ4v) is 11.1. The van der Waals surface area contributed by atoms with Crippen molar-refractivity contribution in [3.8, 4) is 0 Å². The van der Waals surface area contributed by atoms with Gasteiger partial charge >= 0.3 is 17.9 Å². The summed E-state index contributed by atoms with van der Waals surface area (Å²) in [6.45, 7) is 5.05. The van der Waals surface area contributed by atoms with Gasteiger partial charge in [0.1, 0.15) is 13.2 Å². The molecule has 2 aromatic heterocycles. The van der Waals surface area contributed by atoms with Crippen molar-refractivity contribution in [2.75, 3.05) is 40.1 Å². The smallest absolute Gasteiger partial charge is 0.335 e. The molecule has 65 heavy (non-hydrogen) atoms. The Morgan fingerprint density at radius 1 is 0.708 bits per heavy atom. The van der Waals surface area contributed by atoms with Crippen molar-refractivity contribution < 1.29 is 43.2 Å². The van der Waals surface area contributed by atoms with E-state index in [1.165, 1.54) is 55.1 Å². The summed E-state index contributed by atoms with van der Waals surface area (Å²) >= 11 is 0. The van der Waals surface area contributed by atoms with E-state index in [-0.39, 0.29) is 31.5 Å². The van der Waals surface area contributed by atoms with E-state index in [0.29, 0.717) is 35.3 Å². The molecular weight excluding hydrogens is 823 g/mol. The number of rotatable bonds is 12. The van der Waals surface area contributed by atoms with Crippen molar-refractivity contribution in [1.82, 2.24) is 14.0 Å². The monoisotopic (exact) mass is 887 g/mol. The number of aromatic carboxylic acids is 1. The van der Waals surface area contributed by atoms with Crippen LogP contribution in [-0.4, -0.2) is 89.1 Å². The number of likely N-dealkylation sites (N-methyl/N-ethyl adjacent to an activating group) is 1. The van der Waals surface area contributed by atoms with Gasteiger partial charge in [-0.1, -0.05) is 30.3 Å². The largest absolute Gasteiger partial charge is 0.478 e. The molecular formula is C53H65N3O9. The average molecular weight is 888 g/mol. The van der Waals surface area contributed by atoms with Crippen LogP contribution in [-0.2, 0) is 74.9 Å². The average Bonchev–Trinajstić information content (AvgIpc) is 3.79. The van der Waals surface area contributed by atoms with Crippen molar-refractivity contribution >= 4 is 45.6 Å². The number of carboxylic acids is 1. The minimum atomic E-state index is -0.846. The molecule has 0 unspecified atom stereocenters. The number of amides is 1. The van der Waals surface area contributed by atoms with E-state index in [4.69, 9.17) is 18.9 Å². The Labute approximate surface area is 382 Å². The predicted molar refractivity (Wildman–Crippen MR) is 249 cm³/mol. The Balaban J connectivity index is 0.000000210. The minimum Gasteiger partial charge on any atom is -0.478 e. The molecule has 12 nitrogen and oxygen atoms in total. The van der Waals surface area contributed by atoms with Crippen LogP contribution in [0.15, 0.2) is 66.7 Å². The molecule has 0 radical (unpaired) electrons. The van der Waals surface area contributed by atoms with Gasteiger partial charge in [0.05, 0.1) is 11.6 Å². The number of esters is 2. The van der Waals surface area contributed by atoms with E-state index in [1.807, 2.05) is 60.7 Å². The lowest BCUT2D eigenvalue weighted by Gasteiger charge is -2.33. The quantitative estimate of drug-likeness (QED) is 0.122. The maximum absolute atomic E-state index is 13.8. The van der Waals surface area contributed by atoms with Gasteiger partial charge in [-0.3, -0.25) is 14.4 Å². The van der Waals surface area contributed by atoms with E-state index in [1.54, 1.807) is 18.0 Å². The van der Waals surface area contributed by atoms with Gasteiger partial charge in [-0.2, -0.15) is 0 Å². The first-order valence-electron chi connectivity index (χ1n) is 23.7. The molecule has 0 bridgehead atoms. The summed E-state index contributed by atoms with van der Waals surface area (Å²) in [6, 6.07) is 20.5. The standard InChI is InChI=1S/C34H42N2O6.C19H23NO3/c1-23(37)41-22-28(11-14-33(38)42-21-24-7-5-4-6-8-24)35(2)34(39)27-10-13-32-30(20-27)29-19-26(9-12-31(29)36(32)3)25-15-17-40-18-16-25;1-20-17-4-2-13(12-6-8-23-9-7-12)10-15(17)16-11-14(19(21)22)3-5-18(16)20/h4-8,10,13,20,25-26,28H,9,11-12,14-19,21-22H2,1-3H3;3,5,11-13H,2,4,6-10H2,1H3,(H,21,22)/t26-,28+;13-/m11/s1. The van der Waals surface area contributed by atoms with Gasteiger partial charge in [-0.25, -0.2) is 4.79 Å². The van der Waals surface area contributed by atoms with Gasteiger partial charge in [0, 0.05) is 99.7 Å². The second-order valence-corrected chi connectivity index (χ2v) is 18.7. The van der Waals surface area contributed by atoms with Crippen LogP contribution in [0.25, 0.3) is 21.8 Å². The highest BCUT2D eigenvalue weighted by molar-refractivity contribution is 5.99. The number of benzene rings is 3. The Morgan fingerprint density at radius 2 is 1.23 bits per heavy atom. The third-order valence-corrected chi connectivity index (χ3v) is 14.9. The Kier molecular flexibility index (Phi) is 14.7. The molecule has 0 spiro atoms. The van der Waals surface area contributed by atoms with E-state index in [2.05, 4.69) is 23.2 Å². The first-order valence-corrected chi connectivity index (χ1v) is 23.7. The van der Waals surface area contributed by atoms with Crippen LogP contribution >= 0.6 is 0 Å². The topological polar surface area (TPSA) is 139 Å². The van der Waals surface area contributed by atoms with Crippen molar-refractivity contribution in [3.05, 3.63) is 106 Å². The molecule has 9 rings (SSSR count). The van der Waals surface area contributed by atoms with Crippen LogP contribution in [0, 0.1) is 23.7 Å². The summed E-state index contributed by atoms with van der Waals surface area (Å²) in [4.78, 5) is 50.8. The van der Waals surface area contributed by atoms with Crippen LogP contribution in [0.3, 0.4) is 0 Å². The summed E-state index contributed by atoms with van der Waals surface area (Å²) in [5, 5.41) is 11.6. The van der Waals surface area contributed by atoms with Gasteiger partial charge < -0.3 is 38.1 Å². The SMILES string of the molecule is CC(=O)OC[C@H](CCC(=O)OCc1ccccc1)N(C)C(=O)c1ccc2c(c1)c1c(n2C)CC[C@@H](C2CCOCC2)C1.Cn1c2c(c3cc(C(=O)O)ccc31)C[C@H](C1CCOCC1)CC2. The highest BCUT2D eigenvalue weighted by atomic mass is 16.5. The lowest BCUT2D eigenvalue weighted by Crippen LogP contribution is -2.41. The molecule has 0 saturated carbocycles. The van der Waals surface area contributed by atoms with Crippen LogP contribution in [0.4, 0.5) is 0 Å². The third kappa shape index (κ3) is 10.5. The fraction of sp³-hybridized carbons (Fsp3) is 0.509. The number of nitrogens with zero attached hydrogens (tertiary/aromatic N) is 3. The summed E-state index contributed by atoms with van der Waals surface area (Å²) in [5.41, 5.74) is 9.70. The zero-order valence-electron chi connectivity index (χ0n) is 38.5. The number of carbonyl (C=O) groups is 4. The first-order chi connectivity index (χ1) is 31.5. The molecule has 2 aliphatic heterocycles. The molecule has 2 saturated heterocycles. The third-order valence-electron chi connectivity index (χ3n) is 14.9. The van der Waals surface area contributed by atoms with Crippen molar-refractivity contribution in [2.45, 2.75) is 96.6 Å².